The minimum absolute atomic E-state index is 0.0334. The molecule has 1 rings (SSSR count). The number of hydrogen-bond donors (Lipinski definition) is 3. The van der Waals surface area contributed by atoms with Crippen molar-refractivity contribution in [1.82, 2.24) is 5.32 Å². The van der Waals surface area contributed by atoms with Crippen molar-refractivity contribution < 1.29 is 19.7 Å². The van der Waals surface area contributed by atoms with Gasteiger partial charge in [-0.05, 0) is 26.7 Å². The van der Waals surface area contributed by atoms with Crippen LogP contribution in [-0.4, -0.2) is 61.9 Å². The molecule has 5 heteroatoms. The molecule has 5 nitrogen and oxygen atoms in total. The van der Waals surface area contributed by atoms with Gasteiger partial charge < -0.3 is 25.0 Å². The van der Waals surface area contributed by atoms with E-state index in [1.54, 1.807) is 0 Å². The Morgan fingerprint density at radius 2 is 1.90 bits per heavy atom. The molecule has 0 aromatic heterocycles. The maximum Gasteiger partial charge on any atom is 0.0897 e. The second-order valence-electron chi connectivity index (χ2n) is 6.14. The smallest absolute Gasteiger partial charge is 0.0897 e. The van der Waals surface area contributed by atoms with Crippen molar-refractivity contribution in [2.24, 2.45) is 5.41 Å². The van der Waals surface area contributed by atoms with Crippen LogP contribution in [0.4, 0.5) is 0 Å². The van der Waals surface area contributed by atoms with Crippen LogP contribution >= 0.6 is 0 Å². The number of aliphatic hydroxyl groups excluding tert-OH is 2. The number of nitrogens with one attached hydrogen (secondary N) is 1. The predicted octanol–water partition coefficient (Wildman–Crippen LogP) is 0.931. The van der Waals surface area contributed by atoms with Crippen LogP contribution in [0.1, 0.15) is 39.5 Å². The van der Waals surface area contributed by atoms with Crippen molar-refractivity contribution in [2.75, 3.05) is 39.5 Å². The SMILES string of the molecule is CC(C)OCCOCC(O)CNCC1(CO)CCCC1. The summed E-state index contributed by atoms with van der Waals surface area (Å²) < 4.78 is 10.7. The number of ether oxygens (including phenoxy) is 2. The Bertz CT molecular complexity index is 242. The van der Waals surface area contributed by atoms with Gasteiger partial charge in [0.15, 0.2) is 0 Å². The molecule has 3 N–H and O–H groups in total. The molecular weight excluding hydrogens is 258 g/mol. The van der Waals surface area contributed by atoms with E-state index < -0.39 is 6.10 Å². The van der Waals surface area contributed by atoms with Gasteiger partial charge >= 0.3 is 0 Å². The van der Waals surface area contributed by atoms with E-state index in [-0.39, 0.29) is 18.1 Å². The molecule has 1 saturated carbocycles. The molecule has 1 aliphatic rings. The molecule has 0 heterocycles. The third kappa shape index (κ3) is 6.99. The van der Waals surface area contributed by atoms with E-state index in [1.807, 2.05) is 13.8 Å². The Kier molecular flexibility index (Phi) is 8.64. The minimum Gasteiger partial charge on any atom is -0.396 e. The zero-order valence-corrected chi connectivity index (χ0v) is 12.9. The fourth-order valence-electron chi connectivity index (χ4n) is 2.64. The lowest BCUT2D eigenvalue weighted by Gasteiger charge is -2.27. The molecule has 1 atom stereocenters. The molecule has 0 saturated heterocycles. The summed E-state index contributed by atoms with van der Waals surface area (Å²) >= 11 is 0. The Hall–Kier alpha value is -0.200. The summed E-state index contributed by atoms with van der Waals surface area (Å²) in [5.41, 5.74) is 0.0334. The summed E-state index contributed by atoms with van der Waals surface area (Å²) in [6.07, 6.45) is 4.26. The van der Waals surface area contributed by atoms with Gasteiger partial charge in [0, 0.05) is 25.1 Å². The lowest BCUT2D eigenvalue weighted by Crippen LogP contribution is -2.39. The van der Waals surface area contributed by atoms with Gasteiger partial charge in [0.05, 0.1) is 32.0 Å². The second kappa shape index (κ2) is 9.68. The molecule has 1 fully saturated rings. The molecule has 1 unspecified atom stereocenters. The van der Waals surface area contributed by atoms with Gasteiger partial charge in [0.2, 0.25) is 0 Å². The summed E-state index contributed by atoms with van der Waals surface area (Å²) in [4.78, 5) is 0. The highest BCUT2D eigenvalue weighted by Gasteiger charge is 2.32. The van der Waals surface area contributed by atoms with Gasteiger partial charge in [0.25, 0.3) is 0 Å². The van der Waals surface area contributed by atoms with Crippen LogP contribution < -0.4 is 5.32 Å². The molecule has 20 heavy (non-hydrogen) atoms. The fourth-order valence-corrected chi connectivity index (χ4v) is 2.64. The van der Waals surface area contributed by atoms with E-state index in [2.05, 4.69) is 5.32 Å². The molecule has 1 aliphatic carbocycles. The molecule has 0 aliphatic heterocycles. The van der Waals surface area contributed by atoms with Gasteiger partial charge in [-0.2, -0.15) is 0 Å². The highest BCUT2D eigenvalue weighted by molar-refractivity contribution is 4.86. The van der Waals surface area contributed by atoms with Gasteiger partial charge in [-0.1, -0.05) is 12.8 Å². The Balaban J connectivity index is 2.01. The maximum atomic E-state index is 9.80. The Labute approximate surface area is 122 Å². The average Bonchev–Trinajstić information content (AvgIpc) is 2.87. The third-order valence-corrected chi connectivity index (χ3v) is 3.87. The number of hydrogen-bond acceptors (Lipinski definition) is 5. The van der Waals surface area contributed by atoms with Crippen molar-refractivity contribution in [2.45, 2.75) is 51.7 Å². The maximum absolute atomic E-state index is 9.80. The van der Waals surface area contributed by atoms with Gasteiger partial charge in [-0.3, -0.25) is 0 Å². The van der Waals surface area contributed by atoms with E-state index in [0.717, 1.165) is 19.4 Å². The monoisotopic (exact) mass is 289 g/mol. The number of rotatable bonds is 11. The predicted molar refractivity (Wildman–Crippen MR) is 78.8 cm³/mol. The standard InChI is InChI=1S/C15H31NO4/c1-13(2)20-8-7-19-10-14(18)9-16-11-15(12-17)5-3-4-6-15/h13-14,16-18H,3-12H2,1-2H3. The Morgan fingerprint density at radius 3 is 2.50 bits per heavy atom. The van der Waals surface area contributed by atoms with Gasteiger partial charge in [-0.15, -0.1) is 0 Å². The number of aliphatic hydroxyl groups is 2. The molecule has 0 aromatic carbocycles. The van der Waals surface area contributed by atoms with Crippen molar-refractivity contribution >= 4 is 0 Å². The highest BCUT2D eigenvalue weighted by Crippen LogP contribution is 2.36. The fraction of sp³-hybridized carbons (Fsp3) is 1.00. The van der Waals surface area contributed by atoms with E-state index in [0.29, 0.717) is 26.4 Å². The van der Waals surface area contributed by atoms with E-state index in [4.69, 9.17) is 9.47 Å². The van der Waals surface area contributed by atoms with Gasteiger partial charge in [-0.25, -0.2) is 0 Å². The molecule has 0 amide bonds. The van der Waals surface area contributed by atoms with Crippen molar-refractivity contribution in [3.8, 4) is 0 Å². The molecule has 0 aromatic rings. The quantitative estimate of drug-likeness (QED) is 0.494. The van der Waals surface area contributed by atoms with Crippen LogP contribution in [0.2, 0.25) is 0 Å². The normalized spacial score (nSPS) is 19.6. The van der Waals surface area contributed by atoms with Crippen molar-refractivity contribution in [1.29, 1.82) is 0 Å². The molecule has 0 radical (unpaired) electrons. The van der Waals surface area contributed by atoms with E-state index in [1.165, 1.54) is 12.8 Å². The average molecular weight is 289 g/mol. The van der Waals surface area contributed by atoms with Crippen LogP contribution in [0, 0.1) is 5.41 Å². The van der Waals surface area contributed by atoms with Crippen LogP contribution in [0.25, 0.3) is 0 Å². The minimum atomic E-state index is -0.508. The van der Waals surface area contributed by atoms with Crippen LogP contribution in [0.15, 0.2) is 0 Å². The van der Waals surface area contributed by atoms with Crippen LogP contribution in [-0.2, 0) is 9.47 Å². The summed E-state index contributed by atoms with van der Waals surface area (Å²) in [7, 11) is 0. The zero-order valence-electron chi connectivity index (χ0n) is 12.9. The van der Waals surface area contributed by atoms with Crippen LogP contribution in [0.3, 0.4) is 0 Å². The molecular formula is C15H31NO4. The highest BCUT2D eigenvalue weighted by atomic mass is 16.5. The zero-order chi connectivity index (χ0) is 14.8. The Morgan fingerprint density at radius 1 is 1.20 bits per heavy atom. The molecule has 120 valence electrons. The lowest BCUT2D eigenvalue weighted by molar-refractivity contribution is -0.0108. The summed E-state index contributed by atoms with van der Waals surface area (Å²) in [5, 5.41) is 22.5. The molecule has 0 bridgehead atoms. The first-order valence-electron chi connectivity index (χ1n) is 7.77. The summed E-state index contributed by atoms with van der Waals surface area (Å²) in [6, 6.07) is 0. The van der Waals surface area contributed by atoms with Gasteiger partial charge in [0.1, 0.15) is 0 Å². The van der Waals surface area contributed by atoms with E-state index >= 15 is 0 Å². The first-order chi connectivity index (χ1) is 9.58. The first-order valence-corrected chi connectivity index (χ1v) is 7.77. The van der Waals surface area contributed by atoms with Crippen LogP contribution in [0.5, 0.6) is 0 Å². The van der Waals surface area contributed by atoms with Crippen molar-refractivity contribution in [3.63, 3.8) is 0 Å². The van der Waals surface area contributed by atoms with Crippen molar-refractivity contribution in [3.05, 3.63) is 0 Å². The first kappa shape index (κ1) is 17.9. The second-order valence-corrected chi connectivity index (χ2v) is 6.14. The largest absolute Gasteiger partial charge is 0.396 e. The van der Waals surface area contributed by atoms with E-state index in [9.17, 15) is 10.2 Å². The summed E-state index contributed by atoms with van der Waals surface area (Å²) in [6.45, 7) is 6.88. The third-order valence-electron chi connectivity index (χ3n) is 3.87. The lowest BCUT2D eigenvalue weighted by atomic mass is 9.87. The summed E-state index contributed by atoms with van der Waals surface area (Å²) in [5.74, 6) is 0. The topological polar surface area (TPSA) is 71.0 Å². The molecule has 0 spiro atoms.